The molecule has 29 heavy (non-hydrogen) atoms. The van der Waals surface area contributed by atoms with Crippen molar-refractivity contribution in [2.75, 3.05) is 6.54 Å². The Hall–Kier alpha value is -3.16. The minimum atomic E-state index is -0.943. The maximum absolute atomic E-state index is 12.6. The minimum absolute atomic E-state index is 0.113. The molecule has 1 aliphatic carbocycles. The molecule has 0 radical (unpaired) electrons. The number of aryl methyl sites for hydroxylation is 2. The van der Waals surface area contributed by atoms with Crippen LogP contribution in [0.15, 0.2) is 27.4 Å². The number of nitrogens with zero attached hydrogens (tertiary/aromatic N) is 1. The molecule has 0 unspecified atom stereocenters. The highest BCUT2D eigenvalue weighted by Crippen LogP contribution is 2.42. The van der Waals surface area contributed by atoms with Gasteiger partial charge in [0.15, 0.2) is 0 Å². The molecule has 3 amide bonds. The number of imide groups is 1. The highest BCUT2D eigenvalue weighted by molar-refractivity contribution is 6.08. The average Bonchev–Trinajstić information content (AvgIpc) is 3.47. The lowest BCUT2D eigenvalue weighted by Crippen LogP contribution is -2.46. The molecule has 0 bridgehead atoms. The lowest BCUT2D eigenvalue weighted by atomic mass is 9.96. The molecule has 8 nitrogen and oxygen atoms in total. The normalized spacial score (nSPS) is 21.6. The topological polar surface area (TPSA) is 106 Å². The van der Waals surface area contributed by atoms with Gasteiger partial charge in [-0.2, -0.15) is 0 Å². The molecule has 2 fully saturated rings. The zero-order valence-electron chi connectivity index (χ0n) is 16.5. The number of carbonyl (C=O) groups excluding carboxylic acids is 3. The van der Waals surface area contributed by atoms with Gasteiger partial charge < -0.3 is 14.5 Å². The van der Waals surface area contributed by atoms with Crippen LogP contribution in [0.3, 0.4) is 0 Å². The van der Waals surface area contributed by atoms with Crippen LogP contribution in [0.1, 0.15) is 36.5 Å². The van der Waals surface area contributed by atoms with Gasteiger partial charge in [0.1, 0.15) is 24.3 Å². The lowest BCUT2D eigenvalue weighted by molar-refractivity contribution is -0.148. The number of esters is 1. The van der Waals surface area contributed by atoms with Crippen LogP contribution in [0.25, 0.3) is 11.0 Å². The van der Waals surface area contributed by atoms with Gasteiger partial charge in [-0.05, 0) is 62.8 Å². The van der Waals surface area contributed by atoms with Crippen LogP contribution in [0.4, 0.5) is 4.79 Å². The summed E-state index contributed by atoms with van der Waals surface area (Å²) in [4.78, 5) is 49.8. The molecule has 2 aliphatic rings. The smallest absolute Gasteiger partial charge is 0.336 e. The Labute approximate surface area is 166 Å². The van der Waals surface area contributed by atoms with Crippen LogP contribution < -0.4 is 10.9 Å². The number of carbonyl (C=O) groups is 3. The molecule has 2 aromatic rings. The van der Waals surface area contributed by atoms with Gasteiger partial charge in [-0.1, -0.05) is 0 Å². The van der Waals surface area contributed by atoms with Crippen LogP contribution in [0, 0.1) is 19.8 Å². The molecular weight excluding hydrogens is 376 g/mol. The molecule has 8 heteroatoms. The van der Waals surface area contributed by atoms with Crippen molar-refractivity contribution < 1.29 is 23.5 Å². The van der Waals surface area contributed by atoms with Crippen molar-refractivity contribution in [3.63, 3.8) is 0 Å². The number of fused-ring (bicyclic) bond motifs is 1. The van der Waals surface area contributed by atoms with Gasteiger partial charge in [-0.3, -0.25) is 14.5 Å². The van der Waals surface area contributed by atoms with Gasteiger partial charge in [-0.15, -0.1) is 0 Å². The Morgan fingerprint density at radius 1 is 1.21 bits per heavy atom. The first-order chi connectivity index (χ1) is 13.7. The zero-order valence-corrected chi connectivity index (χ0v) is 16.5. The lowest BCUT2D eigenvalue weighted by Gasteiger charge is -2.20. The highest BCUT2D eigenvalue weighted by atomic mass is 16.5. The van der Waals surface area contributed by atoms with Crippen molar-refractivity contribution in [3.05, 3.63) is 45.3 Å². The molecule has 1 saturated carbocycles. The number of hydrogen-bond donors (Lipinski definition) is 1. The first-order valence-electron chi connectivity index (χ1n) is 9.53. The second kappa shape index (κ2) is 6.72. The fraction of sp³-hybridized carbons (Fsp3) is 0.429. The molecule has 152 valence electrons. The zero-order chi connectivity index (χ0) is 20.9. The highest BCUT2D eigenvalue weighted by Gasteiger charge is 2.56. The van der Waals surface area contributed by atoms with Gasteiger partial charge in [0.05, 0.1) is 0 Å². The molecule has 0 spiro atoms. The quantitative estimate of drug-likeness (QED) is 0.470. The molecule has 1 aromatic heterocycles. The third-order valence-electron chi connectivity index (χ3n) is 5.82. The third kappa shape index (κ3) is 3.39. The van der Waals surface area contributed by atoms with E-state index >= 15 is 0 Å². The van der Waals surface area contributed by atoms with Gasteiger partial charge in [-0.25, -0.2) is 9.59 Å². The SMILES string of the molecule is Cc1cc2oc(=O)cc(COC(=O)CN3C(=O)N[C@](C)(C4CC4)C3=O)c2cc1C. The van der Waals surface area contributed by atoms with Crippen molar-refractivity contribution in [1.82, 2.24) is 10.2 Å². The number of benzene rings is 1. The number of urea groups is 1. The Morgan fingerprint density at radius 2 is 1.90 bits per heavy atom. The summed E-state index contributed by atoms with van der Waals surface area (Å²) in [6.07, 6.45) is 1.76. The van der Waals surface area contributed by atoms with E-state index in [1.54, 1.807) is 13.0 Å². The van der Waals surface area contributed by atoms with E-state index in [-0.39, 0.29) is 12.5 Å². The molecule has 2 heterocycles. The van der Waals surface area contributed by atoms with E-state index in [9.17, 15) is 19.2 Å². The molecule has 1 N–H and O–H groups in total. The summed E-state index contributed by atoms with van der Waals surface area (Å²) in [5, 5.41) is 3.37. The summed E-state index contributed by atoms with van der Waals surface area (Å²) in [6.45, 7) is 4.91. The van der Waals surface area contributed by atoms with Crippen molar-refractivity contribution >= 4 is 28.9 Å². The van der Waals surface area contributed by atoms with Gasteiger partial charge in [0.25, 0.3) is 5.91 Å². The van der Waals surface area contributed by atoms with E-state index in [0.29, 0.717) is 16.5 Å². The number of nitrogens with one attached hydrogen (secondary N) is 1. The molecule has 1 aliphatic heterocycles. The van der Waals surface area contributed by atoms with E-state index in [1.165, 1.54) is 6.07 Å². The predicted octanol–water partition coefficient (Wildman–Crippen LogP) is 2.17. The third-order valence-corrected chi connectivity index (χ3v) is 5.82. The van der Waals surface area contributed by atoms with Gasteiger partial charge >= 0.3 is 17.6 Å². The Morgan fingerprint density at radius 3 is 2.59 bits per heavy atom. The van der Waals surface area contributed by atoms with Crippen LogP contribution in [0.5, 0.6) is 0 Å². The maximum Gasteiger partial charge on any atom is 0.336 e. The minimum Gasteiger partial charge on any atom is -0.459 e. The molecule has 1 aromatic carbocycles. The first-order valence-corrected chi connectivity index (χ1v) is 9.53. The number of ether oxygens (including phenoxy) is 1. The van der Waals surface area contributed by atoms with Gasteiger partial charge in [0, 0.05) is 17.0 Å². The van der Waals surface area contributed by atoms with Crippen LogP contribution in [0.2, 0.25) is 0 Å². The van der Waals surface area contributed by atoms with Crippen molar-refractivity contribution in [3.8, 4) is 0 Å². The van der Waals surface area contributed by atoms with Crippen LogP contribution in [-0.4, -0.2) is 34.9 Å². The van der Waals surface area contributed by atoms with E-state index < -0.39 is 35.6 Å². The maximum atomic E-state index is 12.6. The predicted molar refractivity (Wildman–Crippen MR) is 103 cm³/mol. The molecule has 1 atom stereocenters. The summed E-state index contributed by atoms with van der Waals surface area (Å²) in [5.41, 5.74) is 1.43. The second-order valence-corrected chi connectivity index (χ2v) is 7.98. The van der Waals surface area contributed by atoms with Crippen LogP contribution in [-0.2, 0) is 20.9 Å². The molecule has 1 saturated heterocycles. The van der Waals surface area contributed by atoms with Crippen LogP contribution >= 0.6 is 0 Å². The average molecular weight is 398 g/mol. The summed E-state index contributed by atoms with van der Waals surface area (Å²) >= 11 is 0. The standard InChI is InChI=1S/C21H22N2O6/c1-11-6-15-13(8-17(24)29-16(15)7-12(11)2)10-28-18(25)9-23-19(26)21(3,14-4-5-14)22-20(23)27/h6-8,14H,4-5,9-10H2,1-3H3,(H,22,27)/t21-/m1/s1. The van der Waals surface area contributed by atoms with Crippen molar-refractivity contribution in [1.29, 1.82) is 0 Å². The van der Waals surface area contributed by atoms with E-state index in [0.717, 1.165) is 28.9 Å². The number of rotatable bonds is 5. The van der Waals surface area contributed by atoms with Crippen molar-refractivity contribution in [2.45, 2.75) is 45.8 Å². The Kier molecular flexibility index (Phi) is 4.44. The summed E-state index contributed by atoms with van der Waals surface area (Å²) < 4.78 is 10.5. The largest absolute Gasteiger partial charge is 0.459 e. The fourth-order valence-corrected chi connectivity index (χ4v) is 3.73. The second-order valence-electron chi connectivity index (χ2n) is 7.98. The fourth-order valence-electron chi connectivity index (χ4n) is 3.73. The number of amides is 3. The van der Waals surface area contributed by atoms with E-state index in [1.807, 2.05) is 19.9 Å². The monoisotopic (exact) mass is 398 g/mol. The van der Waals surface area contributed by atoms with Crippen molar-refractivity contribution in [2.24, 2.45) is 5.92 Å². The summed E-state index contributed by atoms with van der Waals surface area (Å²) in [5.74, 6) is -1.01. The molecule has 4 rings (SSSR count). The Bertz CT molecular complexity index is 1100. The van der Waals surface area contributed by atoms with Gasteiger partial charge in [0.2, 0.25) is 0 Å². The summed E-state index contributed by atoms with van der Waals surface area (Å²) in [7, 11) is 0. The molecular formula is C21H22N2O6. The summed E-state index contributed by atoms with van der Waals surface area (Å²) in [6, 6.07) is 4.33. The van der Waals surface area contributed by atoms with E-state index in [2.05, 4.69) is 5.32 Å². The first kappa shape index (κ1) is 19.2. The Balaban J connectivity index is 1.48. The van der Waals surface area contributed by atoms with E-state index in [4.69, 9.17) is 9.15 Å². The number of hydrogen-bond acceptors (Lipinski definition) is 6.